The van der Waals surface area contributed by atoms with E-state index in [1.165, 1.54) is 11.1 Å². The van der Waals surface area contributed by atoms with Crippen molar-refractivity contribution in [2.45, 2.75) is 20.3 Å². The highest BCUT2D eigenvalue weighted by Crippen LogP contribution is 2.31. The molecule has 1 aromatic carbocycles. The van der Waals surface area contributed by atoms with E-state index in [2.05, 4.69) is 62.4 Å². The normalized spacial score (nSPS) is 16.2. The fourth-order valence-corrected chi connectivity index (χ4v) is 2.35. The van der Waals surface area contributed by atoms with E-state index in [1.54, 1.807) is 11.3 Å². The van der Waals surface area contributed by atoms with Gasteiger partial charge in [0.1, 0.15) is 0 Å². The first-order valence-corrected chi connectivity index (χ1v) is 7.54. The summed E-state index contributed by atoms with van der Waals surface area (Å²) < 4.78 is 0. The van der Waals surface area contributed by atoms with Crippen molar-refractivity contribution in [3.63, 3.8) is 0 Å². The Morgan fingerprint density at radius 1 is 0.947 bits per heavy atom. The maximum Gasteiger partial charge on any atom is -0.00934 e. The van der Waals surface area contributed by atoms with Gasteiger partial charge in [-0.15, -0.1) is 0 Å². The SMILES string of the molecule is CC1(C)C=CC(c2ccccc2)=CC1.c1ccsc1. The highest BCUT2D eigenvalue weighted by atomic mass is 32.1. The maximum atomic E-state index is 2.33. The van der Waals surface area contributed by atoms with Crippen LogP contribution in [-0.2, 0) is 0 Å². The predicted molar refractivity (Wildman–Crippen MR) is 86.3 cm³/mol. The van der Waals surface area contributed by atoms with Crippen molar-refractivity contribution in [1.82, 2.24) is 0 Å². The van der Waals surface area contributed by atoms with Crippen LogP contribution in [0.5, 0.6) is 0 Å². The molecule has 0 bridgehead atoms. The average molecular weight is 268 g/mol. The van der Waals surface area contributed by atoms with Crippen molar-refractivity contribution in [2.24, 2.45) is 5.41 Å². The molecule has 0 spiro atoms. The van der Waals surface area contributed by atoms with Gasteiger partial charge in [-0.3, -0.25) is 0 Å². The van der Waals surface area contributed by atoms with Crippen molar-refractivity contribution >= 4 is 16.9 Å². The zero-order valence-electron chi connectivity index (χ0n) is 11.5. The summed E-state index contributed by atoms with van der Waals surface area (Å²) in [6.45, 7) is 4.53. The van der Waals surface area contributed by atoms with Gasteiger partial charge in [-0.05, 0) is 33.7 Å². The Balaban J connectivity index is 0.000000224. The van der Waals surface area contributed by atoms with Gasteiger partial charge in [0.2, 0.25) is 0 Å². The van der Waals surface area contributed by atoms with E-state index in [1.807, 2.05) is 22.9 Å². The molecule has 2 aromatic rings. The van der Waals surface area contributed by atoms with Gasteiger partial charge in [0.05, 0.1) is 0 Å². The van der Waals surface area contributed by atoms with Crippen LogP contribution in [0.2, 0.25) is 0 Å². The molecule has 0 radical (unpaired) electrons. The molecule has 1 heterocycles. The highest BCUT2D eigenvalue weighted by Gasteiger charge is 2.16. The Bertz CT molecular complexity index is 513. The van der Waals surface area contributed by atoms with Crippen LogP contribution in [0.4, 0.5) is 0 Å². The molecule has 1 aliphatic rings. The molecule has 98 valence electrons. The molecule has 0 unspecified atom stereocenters. The minimum atomic E-state index is 0.332. The van der Waals surface area contributed by atoms with Crippen LogP contribution in [0.1, 0.15) is 25.8 Å². The Labute approximate surface area is 120 Å². The molecule has 0 atom stereocenters. The lowest BCUT2D eigenvalue weighted by Crippen LogP contribution is -2.08. The Kier molecular flexibility index (Phi) is 4.75. The first-order chi connectivity index (χ1) is 9.17. The minimum absolute atomic E-state index is 0.332. The Hall–Kier alpha value is -1.60. The quantitative estimate of drug-likeness (QED) is 0.612. The first kappa shape index (κ1) is 13.8. The summed E-state index contributed by atoms with van der Waals surface area (Å²) in [5, 5.41) is 4.08. The number of thiophene rings is 1. The van der Waals surface area contributed by atoms with Gasteiger partial charge in [0.25, 0.3) is 0 Å². The second-order valence-electron chi connectivity index (χ2n) is 5.34. The van der Waals surface area contributed by atoms with Crippen molar-refractivity contribution in [2.75, 3.05) is 0 Å². The van der Waals surface area contributed by atoms with Crippen molar-refractivity contribution in [3.05, 3.63) is 77.0 Å². The van der Waals surface area contributed by atoms with Crippen LogP contribution in [0.25, 0.3) is 5.57 Å². The standard InChI is InChI=1S/C14H16.C4H4S/c1-14(2)10-8-13(9-11-14)12-6-4-3-5-7-12;1-2-4-5-3-1/h3-10H,11H2,1-2H3;1-4H. The Morgan fingerprint density at radius 3 is 2.11 bits per heavy atom. The summed E-state index contributed by atoms with van der Waals surface area (Å²) in [5.41, 5.74) is 3.00. The van der Waals surface area contributed by atoms with Gasteiger partial charge >= 0.3 is 0 Å². The summed E-state index contributed by atoms with van der Waals surface area (Å²) >= 11 is 1.71. The molecule has 3 rings (SSSR count). The monoisotopic (exact) mass is 268 g/mol. The van der Waals surface area contributed by atoms with Gasteiger partial charge in [-0.25, -0.2) is 0 Å². The lowest BCUT2D eigenvalue weighted by Gasteiger charge is -2.22. The lowest BCUT2D eigenvalue weighted by atomic mass is 9.83. The molecule has 19 heavy (non-hydrogen) atoms. The fraction of sp³-hybridized carbons (Fsp3) is 0.222. The summed E-state index contributed by atoms with van der Waals surface area (Å²) in [6, 6.07) is 14.6. The van der Waals surface area contributed by atoms with Crippen molar-refractivity contribution in [3.8, 4) is 0 Å². The topological polar surface area (TPSA) is 0 Å². The first-order valence-electron chi connectivity index (χ1n) is 6.59. The summed E-state index contributed by atoms with van der Waals surface area (Å²) in [7, 11) is 0. The van der Waals surface area contributed by atoms with Crippen LogP contribution >= 0.6 is 11.3 Å². The molecule has 1 aromatic heterocycles. The maximum absolute atomic E-state index is 2.33. The van der Waals surface area contributed by atoms with Gasteiger partial charge < -0.3 is 0 Å². The van der Waals surface area contributed by atoms with E-state index in [0.717, 1.165) is 6.42 Å². The third kappa shape index (κ3) is 4.53. The molecule has 1 aliphatic carbocycles. The van der Waals surface area contributed by atoms with Gasteiger partial charge in [0, 0.05) is 0 Å². The summed E-state index contributed by atoms with van der Waals surface area (Å²) in [5.74, 6) is 0. The molecular weight excluding hydrogens is 248 g/mol. The lowest BCUT2D eigenvalue weighted by molar-refractivity contribution is 0.485. The van der Waals surface area contributed by atoms with Crippen LogP contribution in [-0.4, -0.2) is 0 Å². The molecule has 0 N–H and O–H groups in total. The fourth-order valence-electron chi connectivity index (χ4n) is 1.90. The number of hydrogen-bond donors (Lipinski definition) is 0. The summed E-state index contributed by atoms with van der Waals surface area (Å²) in [4.78, 5) is 0. The highest BCUT2D eigenvalue weighted by molar-refractivity contribution is 7.07. The van der Waals surface area contributed by atoms with Crippen LogP contribution in [0.15, 0.2) is 71.5 Å². The zero-order chi connectivity index (χ0) is 13.6. The van der Waals surface area contributed by atoms with Gasteiger partial charge in [-0.2, -0.15) is 11.3 Å². The molecular formula is C18H20S. The average Bonchev–Trinajstić information content (AvgIpc) is 2.99. The second kappa shape index (κ2) is 6.53. The molecule has 0 saturated carbocycles. The van der Waals surface area contributed by atoms with E-state index < -0.39 is 0 Å². The van der Waals surface area contributed by atoms with Crippen molar-refractivity contribution < 1.29 is 0 Å². The zero-order valence-corrected chi connectivity index (χ0v) is 12.4. The van der Waals surface area contributed by atoms with Crippen LogP contribution in [0.3, 0.4) is 0 Å². The molecule has 1 heteroatoms. The van der Waals surface area contributed by atoms with E-state index in [4.69, 9.17) is 0 Å². The summed E-state index contributed by atoms with van der Waals surface area (Å²) in [6.07, 6.45) is 8.00. The van der Waals surface area contributed by atoms with Gasteiger partial charge in [-0.1, -0.05) is 74.5 Å². The van der Waals surface area contributed by atoms with E-state index >= 15 is 0 Å². The minimum Gasteiger partial charge on any atom is -0.152 e. The van der Waals surface area contributed by atoms with Crippen LogP contribution < -0.4 is 0 Å². The molecule has 0 nitrogen and oxygen atoms in total. The van der Waals surface area contributed by atoms with E-state index in [9.17, 15) is 0 Å². The number of allylic oxidation sites excluding steroid dienone is 4. The second-order valence-corrected chi connectivity index (χ2v) is 6.16. The van der Waals surface area contributed by atoms with E-state index in [-0.39, 0.29) is 0 Å². The Morgan fingerprint density at radius 2 is 1.63 bits per heavy atom. The predicted octanol–water partition coefficient (Wildman–Crippen LogP) is 5.80. The van der Waals surface area contributed by atoms with Crippen LogP contribution in [0, 0.1) is 5.41 Å². The molecule has 0 amide bonds. The molecule has 0 aliphatic heterocycles. The number of benzene rings is 1. The van der Waals surface area contributed by atoms with E-state index in [0.29, 0.717) is 5.41 Å². The molecule has 0 saturated heterocycles. The molecule has 0 fully saturated rings. The van der Waals surface area contributed by atoms with Crippen molar-refractivity contribution in [1.29, 1.82) is 0 Å². The smallest absolute Gasteiger partial charge is 0.00934 e. The number of hydrogen-bond acceptors (Lipinski definition) is 1. The van der Waals surface area contributed by atoms with Gasteiger partial charge in [0.15, 0.2) is 0 Å². The largest absolute Gasteiger partial charge is 0.152 e. The third-order valence-corrected chi connectivity index (χ3v) is 3.72. The number of rotatable bonds is 1. The third-order valence-electron chi connectivity index (χ3n) is 3.09.